The molecule has 0 aliphatic rings. The first kappa shape index (κ1) is 16.3. The first-order chi connectivity index (χ1) is 10.8. The quantitative estimate of drug-likeness (QED) is 0.401. The first-order valence-electron chi connectivity index (χ1n) is 6.18. The van der Waals surface area contributed by atoms with Crippen molar-refractivity contribution in [2.75, 3.05) is 0 Å². The number of nitro groups is 1. The Morgan fingerprint density at radius 3 is 2.57 bits per heavy atom. The van der Waals surface area contributed by atoms with Crippen molar-refractivity contribution in [1.82, 2.24) is 0 Å². The van der Waals surface area contributed by atoms with Crippen LogP contribution in [-0.2, 0) is 6.18 Å². The summed E-state index contributed by atoms with van der Waals surface area (Å²) in [4.78, 5) is 10.1. The summed E-state index contributed by atoms with van der Waals surface area (Å²) in [5.41, 5.74) is -0.929. The number of hydrogen-bond acceptors (Lipinski definition) is 5. The van der Waals surface area contributed by atoms with Gasteiger partial charge in [0, 0.05) is 17.7 Å². The Bertz CT molecular complexity index is 760. The zero-order valence-corrected chi connectivity index (χ0v) is 11.4. The number of hydrogen-bond donors (Lipinski definition) is 1. The lowest BCUT2D eigenvalue weighted by Gasteiger charge is -2.11. The second kappa shape index (κ2) is 6.34. The molecule has 2 N–H and O–H groups in total. The summed E-state index contributed by atoms with van der Waals surface area (Å²) >= 11 is 0. The van der Waals surface area contributed by atoms with Gasteiger partial charge in [-0.3, -0.25) is 10.1 Å². The number of nitrogens with zero attached hydrogens (tertiary/aromatic N) is 2. The van der Waals surface area contributed by atoms with E-state index in [1.165, 1.54) is 18.2 Å². The second-order valence-corrected chi connectivity index (χ2v) is 4.39. The van der Waals surface area contributed by atoms with Crippen molar-refractivity contribution in [3.8, 4) is 11.5 Å². The monoisotopic (exact) mass is 325 g/mol. The molecule has 0 aliphatic carbocycles. The molecule has 0 fully saturated rings. The highest BCUT2D eigenvalue weighted by atomic mass is 19.4. The lowest BCUT2D eigenvalue weighted by Crippen LogP contribution is -2.04. The highest BCUT2D eigenvalue weighted by molar-refractivity contribution is 5.84. The van der Waals surface area contributed by atoms with Crippen molar-refractivity contribution >= 4 is 11.9 Å². The van der Waals surface area contributed by atoms with E-state index >= 15 is 0 Å². The van der Waals surface area contributed by atoms with Gasteiger partial charge < -0.3 is 10.6 Å². The van der Waals surface area contributed by atoms with Gasteiger partial charge in [0.15, 0.2) is 0 Å². The fourth-order valence-electron chi connectivity index (χ4n) is 1.79. The summed E-state index contributed by atoms with van der Waals surface area (Å²) in [5.74, 6) is 5.04. The van der Waals surface area contributed by atoms with E-state index in [9.17, 15) is 23.3 Å². The second-order valence-electron chi connectivity index (χ2n) is 4.39. The van der Waals surface area contributed by atoms with Crippen molar-refractivity contribution in [1.29, 1.82) is 0 Å². The number of nitrogens with two attached hydrogens (primary N) is 1. The van der Waals surface area contributed by atoms with Crippen molar-refractivity contribution in [2.45, 2.75) is 6.18 Å². The smallest absolute Gasteiger partial charge is 0.416 e. The molecule has 0 heterocycles. The van der Waals surface area contributed by atoms with Crippen LogP contribution >= 0.6 is 0 Å². The van der Waals surface area contributed by atoms with E-state index in [2.05, 4.69) is 5.10 Å². The maximum Gasteiger partial charge on any atom is 0.416 e. The Morgan fingerprint density at radius 2 is 1.96 bits per heavy atom. The Kier molecular flexibility index (Phi) is 4.49. The van der Waals surface area contributed by atoms with Crippen LogP contribution in [0.15, 0.2) is 47.6 Å². The van der Waals surface area contributed by atoms with E-state index < -0.39 is 16.7 Å². The zero-order chi connectivity index (χ0) is 17.0. The average molecular weight is 325 g/mol. The van der Waals surface area contributed by atoms with Crippen LogP contribution < -0.4 is 10.6 Å². The van der Waals surface area contributed by atoms with Crippen LogP contribution in [0.1, 0.15) is 11.1 Å². The van der Waals surface area contributed by atoms with Crippen LogP contribution in [0.5, 0.6) is 11.5 Å². The Balaban J connectivity index is 2.38. The molecule has 9 heteroatoms. The molecule has 0 bridgehead atoms. The molecule has 120 valence electrons. The van der Waals surface area contributed by atoms with Crippen molar-refractivity contribution in [3.05, 3.63) is 63.7 Å². The molecule has 0 unspecified atom stereocenters. The molecule has 2 aromatic carbocycles. The number of halogens is 3. The third kappa shape index (κ3) is 3.96. The Morgan fingerprint density at radius 1 is 1.22 bits per heavy atom. The maximum atomic E-state index is 12.7. The molecule has 0 spiro atoms. The molecule has 0 radical (unpaired) electrons. The van der Waals surface area contributed by atoms with Crippen LogP contribution in [0.3, 0.4) is 0 Å². The Hall–Kier alpha value is -3.10. The highest BCUT2D eigenvalue weighted by Crippen LogP contribution is 2.33. The van der Waals surface area contributed by atoms with Gasteiger partial charge in [-0.1, -0.05) is 6.07 Å². The molecule has 23 heavy (non-hydrogen) atoms. The molecule has 2 rings (SSSR count). The fraction of sp³-hybridized carbons (Fsp3) is 0.0714. The van der Waals surface area contributed by atoms with E-state index in [0.717, 1.165) is 30.5 Å². The SMILES string of the molecule is NN=Cc1cc([N+](=O)[O-])ccc1Oc1cccc(C(F)(F)F)c1. The minimum Gasteiger partial charge on any atom is -0.457 e. The van der Waals surface area contributed by atoms with E-state index in [1.54, 1.807) is 0 Å². The van der Waals surface area contributed by atoms with Gasteiger partial charge in [0.2, 0.25) is 0 Å². The molecule has 0 amide bonds. The summed E-state index contributed by atoms with van der Waals surface area (Å²) < 4.78 is 43.4. The van der Waals surface area contributed by atoms with Gasteiger partial charge in [-0.2, -0.15) is 18.3 Å². The average Bonchev–Trinajstić information content (AvgIpc) is 2.48. The normalized spacial score (nSPS) is 11.6. The molecule has 0 aromatic heterocycles. The number of ether oxygens (including phenoxy) is 1. The van der Waals surface area contributed by atoms with Gasteiger partial charge in [-0.15, -0.1) is 0 Å². The molecular weight excluding hydrogens is 315 g/mol. The largest absolute Gasteiger partial charge is 0.457 e. The number of hydrazone groups is 1. The maximum absolute atomic E-state index is 12.7. The number of non-ortho nitro benzene ring substituents is 1. The standard InChI is InChI=1S/C14H10F3N3O3/c15-14(16,17)10-2-1-3-12(7-10)23-13-5-4-11(20(21)22)6-9(13)8-19-18/h1-8H,18H2. The molecule has 0 atom stereocenters. The van der Waals surface area contributed by atoms with Gasteiger partial charge >= 0.3 is 6.18 Å². The van der Waals surface area contributed by atoms with Gasteiger partial charge in [0.05, 0.1) is 16.7 Å². The molecule has 2 aromatic rings. The minimum atomic E-state index is -4.50. The van der Waals surface area contributed by atoms with Crippen LogP contribution in [0.2, 0.25) is 0 Å². The summed E-state index contributed by atoms with van der Waals surface area (Å²) in [6, 6.07) is 7.83. The van der Waals surface area contributed by atoms with Gasteiger partial charge in [0.1, 0.15) is 11.5 Å². The number of nitro benzene ring substituents is 1. The lowest BCUT2D eigenvalue weighted by molar-refractivity contribution is -0.384. The number of rotatable bonds is 4. The zero-order valence-electron chi connectivity index (χ0n) is 11.4. The van der Waals surface area contributed by atoms with Gasteiger partial charge in [-0.05, 0) is 24.3 Å². The van der Waals surface area contributed by atoms with E-state index in [4.69, 9.17) is 10.6 Å². The highest BCUT2D eigenvalue weighted by Gasteiger charge is 2.30. The van der Waals surface area contributed by atoms with Crippen LogP contribution in [0.25, 0.3) is 0 Å². The number of alkyl halides is 3. The van der Waals surface area contributed by atoms with Crippen LogP contribution in [0, 0.1) is 10.1 Å². The molecule has 0 saturated heterocycles. The number of benzene rings is 2. The van der Waals surface area contributed by atoms with Crippen molar-refractivity contribution in [2.24, 2.45) is 10.9 Å². The van der Waals surface area contributed by atoms with Crippen molar-refractivity contribution < 1.29 is 22.8 Å². The first-order valence-corrected chi connectivity index (χ1v) is 6.18. The predicted octanol–water partition coefficient (Wildman–Crippen LogP) is 3.70. The fourth-order valence-corrected chi connectivity index (χ4v) is 1.79. The van der Waals surface area contributed by atoms with E-state index in [-0.39, 0.29) is 22.7 Å². The summed E-state index contributed by atoms with van der Waals surface area (Å²) in [7, 11) is 0. The molecule has 6 nitrogen and oxygen atoms in total. The van der Waals surface area contributed by atoms with Gasteiger partial charge in [-0.25, -0.2) is 0 Å². The topological polar surface area (TPSA) is 90.8 Å². The third-order valence-electron chi connectivity index (χ3n) is 2.81. The van der Waals surface area contributed by atoms with Gasteiger partial charge in [0.25, 0.3) is 5.69 Å². The predicted molar refractivity (Wildman–Crippen MR) is 76.4 cm³/mol. The summed E-state index contributed by atoms with van der Waals surface area (Å²) in [6.07, 6.45) is -3.40. The van der Waals surface area contributed by atoms with Crippen molar-refractivity contribution in [3.63, 3.8) is 0 Å². The summed E-state index contributed by atoms with van der Waals surface area (Å²) in [6.45, 7) is 0. The van der Waals surface area contributed by atoms with E-state index in [1.807, 2.05) is 0 Å². The lowest BCUT2D eigenvalue weighted by atomic mass is 10.2. The van der Waals surface area contributed by atoms with Crippen LogP contribution in [0.4, 0.5) is 18.9 Å². The summed E-state index contributed by atoms with van der Waals surface area (Å²) in [5, 5.41) is 14.0. The minimum absolute atomic E-state index is 0.0691. The Labute approximate surface area is 128 Å². The van der Waals surface area contributed by atoms with Crippen LogP contribution in [-0.4, -0.2) is 11.1 Å². The third-order valence-corrected chi connectivity index (χ3v) is 2.81. The van der Waals surface area contributed by atoms with E-state index in [0.29, 0.717) is 0 Å². The molecule has 0 aliphatic heterocycles. The molecule has 0 saturated carbocycles. The molecular formula is C14H10F3N3O3.